The van der Waals surface area contributed by atoms with Crippen molar-refractivity contribution in [3.63, 3.8) is 0 Å². The van der Waals surface area contributed by atoms with Gasteiger partial charge in [-0.3, -0.25) is 0 Å². The summed E-state index contributed by atoms with van der Waals surface area (Å²) in [5, 5.41) is 9.03. The molecule has 0 aliphatic heterocycles. The summed E-state index contributed by atoms with van der Waals surface area (Å²) < 4.78 is 17.5. The van der Waals surface area contributed by atoms with Crippen LogP contribution in [0.1, 0.15) is 79.1 Å². The lowest BCUT2D eigenvalue weighted by Gasteiger charge is -2.20. The quantitative estimate of drug-likeness (QED) is 0.385. The first-order chi connectivity index (χ1) is 13.2. The van der Waals surface area contributed by atoms with Gasteiger partial charge in [0.1, 0.15) is 5.75 Å². The Morgan fingerprint density at radius 3 is 1.89 bits per heavy atom. The summed E-state index contributed by atoms with van der Waals surface area (Å²) in [6.45, 7) is 10.3. The van der Waals surface area contributed by atoms with Crippen LogP contribution in [0.15, 0.2) is 18.2 Å². The highest BCUT2D eigenvalue weighted by atomic mass is 16.5. The Bertz CT molecular complexity index is 495. The molecule has 4 nitrogen and oxygen atoms in total. The molecule has 0 spiro atoms. The maximum Gasteiger partial charge on any atom is 0.504 e. The molecule has 0 fully saturated rings. The van der Waals surface area contributed by atoms with Gasteiger partial charge in [-0.1, -0.05) is 66.2 Å². The van der Waals surface area contributed by atoms with E-state index in [1.165, 1.54) is 38.5 Å². The van der Waals surface area contributed by atoms with Crippen molar-refractivity contribution in [2.24, 2.45) is 11.8 Å². The molecule has 154 valence electrons. The van der Waals surface area contributed by atoms with Gasteiger partial charge in [-0.2, -0.15) is 0 Å². The minimum Gasteiger partial charge on any atom is -0.539 e. The lowest BCUT2D eigenvalue weighted by molar-refractivity contribution is 0.199. The Morgan fingerprint density at radius 2 is 1.41 bits per heavy atom. The summed E-state index contributed by atoms with van der Waals surface area (Å²) >= 11 is 0. The van der Waals surface area contributed by atoms with Crippen LogP contribution in [0.25, 0.3) is 0 Å². The Kier molecular flexibility index (Phi) is 12.9. The van der Waals surface area contributed by atoms with E-state index < -0.39 is 0 Å². The van der Waals surface area contributed by atoms with Gasteiger partial charge in [-0.15, -0.1) is 0 Å². The Labute approximate surface area is 166 Å². The molecule has 0 aromatic heterocycles. The second kappa shape index (κ2) is 14.7. The van der Waals surface area contributed by atoms with E-state index in [0.717, 1.165) is 18.6 Å². The van der Waals surface area contributed by atoms with E-state index in [1.54, 1.807) is 0 Å². The number of hydrogen-bond acceptors (Lipinski definition) is 4. The van der Waals surface area contributed by atoms with Crippen LogP contribution in [0, 0.1) is 11.8 Å². The third kappa shape index (κ3) is 9.41. The molecular weight excluding hydrogens is 339 g/mol. The average Bonchev–Trinajstić information content (AvgIpc) is 2.69. The Morgan fingerprint density at radius 1 is 0.852 bits per heavy atom. The van der Waals surface area contributed by atoms with Crippen molar-refractivity contribution in [2.75, 3.05) is 13.2 Å². The highest BCUT2D eigenvalue weighted by molar-refractivity contribution is 6.17. The summed E-state index contributed by atoms with van der Waals surface area (Å²) in [5.41, 5.74) is 0. The highest BCUT2D eigenvalue weighted by Crippen LogP contribution is 2.33. The molecule has 0 aliphatic carbocycles. The van der Waals surface area contributed by atoms with Gasteiger partial charge < -0.3 is 19.2 Å². The normalized spacial score (nSPS) is 13.1. The summed E-state index contributed by atoms with van der Waals surface area (Å²) in [5.74, 6) is 3.19. The van der Waals surface area contributed by atoms with E-state index in [4.69, 9.17) is 19.2 Å². The van der Waals surface area contributed by atoms with Crippen molar-refractivity contribution in [1.82, 2.24) is 0 Å². The van der Waals surface area contributed by atoms with Crippen molar-refractivity contribution >= 4 is 7.69 Å². The number of unbranched alkanes of at least 4 members (excludes halogenated alkanes) is 2. The van der Waals surface area contributed by atoms with E-state index in [-0.39, 0.29) is 7.69 Å². The molecular formula is C22H39BO4. The molecule has 1 N–H and O–H groups in total. The van der Waals surface area contributed by atoms with E-state index in [0.29, 0.717) is 36.5 Å². The van der Waals surface area contributed by atoms with E-state index in [1.807, 2.05) is 18.2 Å². The maximum absolute atomic E-state index is 9.03. The zero-order valence-corrected chi connectivity index (χ0v) is 17.8. The SMILES string of the molecule is CCCCC(CC)COc1ccc(OBO)cc1OCC(CC)CCCC. The first kappa shape index (κ1) is 23.7. The van der Waals surface area contributed by atoms with Crippen LogP contribution in [0.2, 0.25) is 0 Å². The van der Waals surface area contributed by atoms with Gasteiger partial charge in [0.05, 0.1) is 13.2 Å². The molecule has 0 amide bonds. The van der Waals surface area contributed by atoms with Gasteiger partial charge in [0, 0.05) is 6.07 Å². The van der Waals surface area contributed by atoms with Crippen LogP contribution in [0.4, 0.5) is 0 Å². The van der Waals surface area contributed by atoms with Crippen LogP contribution >= 0.6 is 0 Å². The van der Waals surface area contributed by atoms with Crippen molar-refractivity contribution < 1.29 is 19.2 Å². The lowest BCUT2D eigenvalue weighted by atomic mass is 10.0. The molecule has 1 aromatic rings. The van der Waals surface area contributed by atoms with Gasteiger partial charge in [0.25, 0.3) is 0 Å². The Hall–Kier alpha value is -1.36. The zero-order chi connectivity index (χ0) is 19.9. The molecule has 0 heterocycles. The van der Waals surface area contributed by atoms with Crippen molar-refractivity contribution in [3.8, 4) is 17.2 Å². The van der Waals surface area contributed by atoms with Gasteiger partial charge in [0.2, 0.25) is 0 Å². The van der Waals surface area contributed by atoms with Crippen LogP contribution < -0.4 is 14.1 Å². The minimum absolute atomic E-state index is 0.345. The lowest BCUT2D eigenvalue weighted by Crippen LogP contribution is -2.14. The number of rotatable bonds is 16. The van der Waals surface area contributed by atoms with Gasteiger partial charge >= 0.3 is 7.69 Å². The van der Waals surface area contributed by atoms with E-state index in [2.05, 4.69) is 27.7 Å². The van der Waals surface area contributed by atoms with Gasteiger partial charge in [-0.05, 0) is 36.8 Å². The molecule has 27 heavy (non-hydrogen) atoms. The molecule has 5 heteroatoms. The topological polar surface area (TPSA) is 47.9 Å². The summed E-state index contributed by atoms with van der Waals surface area (Å²) in [6.07, 6.45) is 9.51. The molecule has 2 atom stereocenters. The number of ether oxygens (including phenoxy) is 2. The standard InChI is InChI=1S/C22H39BO4/c1-5-9-11-18(7-3)16-25-21-14-13-20(27-23-24)15-22(21)26-17-19(8-4)12-10-6-2/h13-15,18-19,23-24H,5-12,16-17H2,1-4H3. The van der Waals surface area contributed by atoms with Crippen LogP contribution in [-0.4, -0.2) is 25.9 Å². The summed E-state index contributed by atoms with van der Waals surface area (Å²) in [6, 6.07) is 5.53. The van der Waals surface area contributed by atoms with E-state index in [9.17, 15) is 0 Å². The zero-order valence-electron chi connectivity index (χ0n) is 17.8. The van der Waals surface area contributed by atoms with Crippen molar-refractivity contribution in [1.29, 1.82) is 0 Å². The fourth-order valence-electron chi connectivity index (χ4n) is 3.10. The third-order valence-corrected chi connectivity index (χ3v) is 5.18. The second-order valence-electron chi connectivity index (χ2n) is 7.34. The maximum atomic E-state index is 9.03. The molecule has 0 saturated carbocycles. The van der Waals surface area contributed by atoms with Crippen molar-refractivity contribution in [3.05, 3.63) is 18.2 Å². The second-order valence-corrected chi connectivity index (χ2v) is 7.34. The molecule has 2 unspecified atom stereocenters. The first-order valence-electron chi connectivity index (χ1n) is 10.8. The molecule has 1 rings (SSSR count). The number of hydrogen-bond donors (Lipinski definition) is 1. The minimum atomic E-state index is -0.345. The smallest absolute Gasteiger partial charge is 0.504 e. The monoisotopic (exact) mass is 378 g/mol. The van der Waals surface area contributed by atoms with Gasteiger partial charge in [0.15, 0.2) is 11.5 Å². The fourth-order valence-corrected chi connectivity index (χ4v) is 3.10. The molecule has 0 aliphatic rings. The predicted molar refractivity (Wildman–Crippen MR) is 114 cm³/mol. The third-order valence-electron chi connectivity index (χ3n) is 5.18. The summed E-state index contributed by atoms with van der Waals surface area (Å²) in [7, 11) is -0.345. The van der Waals surface area contributed by atoms with Crippen LogP contribution in [0.3, 0.4) is 0 Å². The average molecular weight is 378 g/mol. The fraction of sp³-hybridized carbons (Fsp3) is 0.727. The largest absolute Gasteiger partial charge is 0.539 e. The highest BCUT2D eigenvalue weighted by Gasteiger charge is 2.14. The van der Waals surface area contributed by atoms with Crippen LogP contribution in [0.5, 0.6) is 17.2 Å². The molecule has 0 bridgehead atoms. The van der Waals surface area contributed by atoms with Crippen molar-refractivity contribution in [2.45, 2.75) is 79.1 Å². The number of benzene rings is 1. The Balaban J connectivity index is 2.76. The van der Waals surface area contributed by atoms with Gasteiger partial charge in [-0.25, -0.2) is 0 Å². The van der Waals surface area contributed by atoms with Crippen LogP contribution in [-0.2, 0) is 0 Å². The predicted octanol–water partition coefficient (Wildman–Crippen LogP) is 5.51. The molecule has 0 saturated heterocycles. The van der Waals surface area contributed by atoms with E-state index >= 15 is 0 Å². The summed E-state index contributed by atoms with van der Waals surface area (Å²) in [4.78, 5) is 0. The molecule has 0 radical (unpaired) electrons. The molecule has 1 aromatic carbocycles. The first-order valence-corrected chi connectivity index (χ1v) is 10.8.